The number of carboxylic acids is 1. The lowest BCUT2D eigenvalue weighted by Gasteiger charge is -2.18. The predicted molar refractivity (Wildman–Crippen MR) is 124 cm³/mol. The molecule has 5 nitrogen and oxygen atoms in total. The van der Waals surface area contributed by atoms with E-state index in [-0.39, 0.29) is 29.1 Å². The van der Waals surface area contributed by atoms with Crippen LogP contribution in [0.4, 0.5) is 0 Å². The van der Waals surface area contributed by atoms with Gasteiger partial charge in [-0.2, -0.15) is 11.8 Å². The highest BCUT2D eigenvalue weighted by atomic mass is 32.2. The largest absolute Gasteiger partial charge is 0.481 e. The normalized spacial score (nSPS) is 22.8. The monoisotopic (exact) mass is 452 g/mol. The molecule has 3 unspecified atom stereocenters. The topological polar surface area (TPSA) is 94.8 Å². The van der Waals surface area contributed by atoms with E-state index in [1.165, 1.54) is 29.1 Å². The van der Waals surface area contributed by atoms with Crippen LogP contribution in [0.2, 0.25) is 0 Å². The fraction of sp³-hybridized carbons (Fsp3) is 0.565. The summed E-state index contributed by atoms with van der Waals surface area (Å²) in [5, 5.41) is 29.1. The molecule has 1 saturated carbocycles. The molecule has 1 aromatic rings. The molecular weight excluding hydrogens is 420 g/mol. The van der Waals surface area contributed by atoms with E-state index in [1.807, 2.05) is 12.1 Å². The summed E-state index contributed by atoms with van der Waals surface area (Å²) in [5.41, 5.74) is 2.30. The molecule has 2 rings (SSSR count). The molecule has 166 valence electrons. The Morgan fingerprint density at radius 3 is 2.77 bits per heavy atom. The van der Waals surface area contributed by atoms with Crippen molar-refractivity contribution >= 4 is 35.3 Å². The highest BCUT2D eigenvalue weighted by molar-refractivity contribution is 8.01. The fourth-order valence-corrected chi connectivity index (χ4v) is 5.68. The van der Waals surface area contributed by atoms with Gasteiger partial charge >= 0.3 is 5.97 Å². The molecule has 0 aliphatic heterocycles. The van der Waals surface area contributed by atoms with Gasteiger partial charge in [0.1, 0.15) is 5.78 Å². The van der Waals surface area contributed by atoms with Gasteiger partial charge < -0.3 is 15.3 Å². The minimum Gasteiger partial charge on any atom is -0.481 e. The number of hydrogen-bond acceptors (Lipinski definition) is 6. The fourth-order valence-electron chi connectivity index (χ4n) is 3.48. The summed E-state index contributed by atoms with van der Waals surface area (Å²) < 4.78 is 0. The van der Waals surface area contributed by atoms with Crippen molar-refractivity contribution in [2.45, 2.75) is 56.5 Å². The molecule has 0 heterocycles. The Balaban J connectivity index is 1.87. The Labute approximate surface area is 187 Å². The third-order valence-electron chi connectivity index (χ3n) is 5.10. The van der Waals surface area contributed by atoms with Gasteiger partial charge in [-0.15, -0.1) is 11.8 Å². The Bertz CT molecular complexity index is 734. The van der Waals surface area contributed by atoms with E-state index in [1.54, 1.807) is 12.2 Å². The van der Waals surface area contributed by atoms with Gasteiger partial charge in [0.2, 0.25) is 0 Å². The summed E-state index contributed by atoms with van der Waals surface area (Å²) in [5.74, 6) is 0.918. The number of carbonyl (C=O) groups is 2. The number of aliphatic hydroxyl groups is 2. The van der Waals surface area contributed by atoms with Crippen LogP contribution < -0.4 is 0 Å². The van der Waals surface area contributed by atoms with Crippen molar-refractivity contribution in [2.24, 2.45) is 5.92 Å². The smallest absolute Gasteiger partial charge is 0.313 e. The third kappa shape index (κ3) is 8.10. The molecule has 7 heteroatoms. The minimum atomic E-state index is -0.818. The summed E-state index contributed by atoms with van der Waals surface area (Å²) >= 11 is 2.89. The van der Waals surface area contributed by atoms with E-state index >= 15 is 0 Å². The SMILES string of the molecule is CC(C)c1cccc(CC(O)C=C[C@H]2C(O)CC(=O)C2SCCCSCC(=O)O)c1. The number of aliphatic hydroxyl groups excluding tert-OH is 2. The van der Waals surface area contributed by atoms with Gasteiger partial charge in [-0.25, -0.2) is 0 Å². The van der Waals surface area contributed by atoms with Crippen LogP contribution in [-0.2, 0) is 16.0 Å². The minimum absolute atomic E-state index is 0.0412. The molecule has 1 aliphatic rings. The quantitative estimate of drug-likeness (QED) is 0.330. The van der Waals surface area contributed by atoms with Gasteiger partial charge in [0.15, 0.2) is 0 Å². The summed E-state index contributed by atoms with van der Waals surface area (Å²) in [6.45, 7) is 4.27. The second-order valence-electron chi connectivity index (χ2n) is 7.96. The number of carboxylic acid groups (broad SMARTS) is 1. The molecule has 0 radical (unpaired) electrons. The third-order valence-corrected chi connectivity index (χ3v) is 7.58. The van der Waals surface area contributed by atoms with Crippen LogP contribution in [0.3, 0.4) is 0 Å². The van der Waals surface area contributed by atoms with Crippen molar-refractivity contribution in [3.8, 4) is 0 Å². The number of carbonyl (C=O) groups excluding carboxylic acids is 1. The summed E-state index contributed by atoms with van der Waals surface area (Å²) in [4.78, 5) is 22.8. The number of rotatable bonds is 12. The first-order chi connectivity index (χ1) is 14.3. The second kappa shape index (κ2) is 12.5. The van der Waals surface area contributed by atoms with Gasteiger partial charge in [0.05, 0.1) is 23.2 Å². The number of thioether (sulfide) groups is 2. The van der Waals surface area contributed by atoms with E-state index in [9.17, 15) is 19.8 Å². The molecule has 30 heavy (non-hydrogen) atoms. The predicted octanol–water partition coefficient (Wildman–Crippen LogP) is 3.53. The zero-order valence-corrected chi connectivity index (χ0v) is 19.2. The zero-order chi connectivity index (χ0) is 22.1. The van der Waals surface area contributed by atoms with Crippen LogP contribution in [0.5, 0.6) is 0 Å². The number of ketones is 1. The molecule has 1 aliphatic carbocycles. The molecule has 1 aromatic carbocycles. The lowest BCUT2D eigenvalue weighted by molar-refractivity contribution is -0.133. The summed E-state index contributed by atoms with van der Waals surface area (Å²) in [6, 6.07) is 8.19. The zero-order valence-electron chi connectivity index (χ0n) is 17.6. The molecule has 3 N–H and O–H groups in total. The van der Waals surface area contributed by atoms with Gasteiger partial charge in [-0.1, -0.05) is 50.3 Å². The number of Topliss-reactive ketones (excluding diaryl/α,β-unsaturated/α-hetero) is 1. The van der Waals surface area contributed by atoms with Gasteiger partial charge in [0, 0.05) is 18.8 Å². The molecule has 0 bridgehead atoms. The molecule has 0 spiro atoms. The number of benzene rings is 1. The van der Waals surface area contributed by atoms with Crippen LogP contribution in [0.25, 0.3) is 0 Å². The first-order valence-corrected chi connectivity index (χ1v) is 12.6. The Hall–Kier alpha value is -1.28. The first-order valence-electron chi connectivity index (χ1n) is 10.3. The van der Waals surface area contributed by atoms with Crippen molar-refractivity contribution in [1.82, 2.24) is 0 Å². The van der Waals surface area contributed by atoms with Crippen LogP contribution in [0, 0.1) is 5.92 Å². The molecule has 0 aromatic heterocycles. The van der Waals surface area contributed by atoms with Crippen LogP contribution in [0.15, 0.2) is 36.4 Å². The lowest BCUT2D eigenvalue weighted by Crippen LogP contribution is -2.22. The van der Waals surface area contributed by atoms with E-state index in [2.05, 4.69) is 26.0 Å². The van der Waals surface area contributed by atoms with Crippen molar-refractivity contribution in [3.63, 3.8) is 0 Å². The van der Waals surface area contributed by atoms with E-state index in [0.717, 1.165) is 23.5 Å². The van der Waals surface area contributed by atoms with Crippen molar-refractivity contribution in [2.75, 3.05) is 17.3 Å². The van der Waals surface area contributed by atoms with Gasteiger partial charge in [-0.05, 0) is 35.0 Å². The summed E-state index contributed by atoms with van der Waals surface area (Å²) in [7, 11) is 0. The molecule has 0 amide bonds. The van der Waals surface area contributed by atoms with Gasteiger partial charge in [0.25, 0.3) is 0 Å². The second-order valence-corrected chi connectivity index (χ2v) is 10.3. The molecule has 4 atom stereocenters. The van der Waals surface area contributed by atoms with Crippen LogP contribution >= 0.6 is 23.5 Å². The Kier molecular flexibility index (Phi) is 10.4. The van der Waals surface area contributed by atoms with Crippen molar-refractivity contribution in [1.29, 1.82) is 0 Å². The Morgan fingerprint density at radius 2 is 2.07 bits per heavy atom. The molecular formula is C23H32O5S2. The average molecular weight is 453 g/mol. The number of hydrogen-bond donors (Lipinski definition) is 3. The lowest BCUT2D eigenvalue weighted by atomic mass is 9.97. The first kappa shape index (κ1) is 25.0. The van der Waals surface area contributed by atoms with Crippen LogP contribution in [0.1, 0.15) is 43.7 Å². The van der Waals surface area contributed by atoms with Crippen LogP contribution in [-0.4, -0.2) is 61.8 Å². The van der Waals surface area contributed by atoms with E-state index < -0.39 is 18.2 Å². The number of aliphatic carboxylic acids is 1. The highest BCUT2D eigenvalue weighted by Gasteiger charge is 2.40. The van der Waals surface area contributed by atoms with E-state index in [0.29, 0.717) is 12.3 Å². The van der Waals surface area contributed by atoms with Gasteiger partial charge in [-0.3, -0.25) is 9.59 Å². The average Bonchev–Trinajstić information content (AvgIpc) is 2.95. The summed E-state index contributed by atoms with van der Waals surface area (Å²) in [6.07, 6.45) is 3.55. The maximum absolute atomic E-state index is 12.3. The van der Waals surface area contributed by atoms with E-state index in [4.69, 9.17) is 5.11 Å². The maximum Gasteiger partial charge on any atom is 0.313 e. The Morgan fingerprint density at radius 1 is 1.30 bits per heavy atom. The standard InChI is InChI=1S/C23H32O5S2/c1-15(2)17-6-3-5-16(11-17)12-18(24)7-8-19-20(25)13-21(26)23(19)30-10-4-9-29-14-22(27)28/h3,5-8,11,15,18-20,23-25H,4,9-10,12-14H2,1-2H3,(H,27,28)/t18?,19-,20?,23?/m0/s1. The maximum atomic E-state index is 12.3. The molecule has 1 fully saturated rings. The van der Waals surface area contributed by atoms with Crippen molar-refractivity contribution < 1.29 is 24.9 Å². The highest BCUT2D eigenvalue weighted by Crippen LogP contribution is 2.34. The van der Waals surface area contributed by atoms with Crippen molar-refractivity contribution in [3.05, 3.63) is 47.5 Å². The molecule has 0 saturated heterocycles.